The molecule has 0 aliphatic heterocycles. The van der Waals surface area contributed by atoms with Crippen LogP contribution in [0.3, 0.4) is 0 Å². The molecule has 0 heterocycles. The molecule has 1 amide bonds. The summed E-state index contributed by atoms with van der Waals surface area (Å²) in [5.41, 5.74) is 0.700. The number of amides is 1. The molecule has 7 atom stereocenters. The number of halogens is 1. The van der Waals surface area contributed by atoms with Crippen LogP contribution in [-0.2, 0) is 9.59 Å². The molecule has 114 valence electrons. The van der Waals surface area contributed by atoms with Crippen molar-refractivity contribution >= 4 is 27.6 Å². The first kappa shape index (κ1) is 14.0. The number of hydrogen-bond donors (Lipinski definition) is 0. The predicted molar refractivity (Wildman–Crippen MR) is 83.9 cm³/mol. The molecule has 0 radical (unpaired) electrons. The van der Waals surface area contributed by atoms with Crippen molar-refractivity contribution in [2.75, 3.05) is 18.4 Å². The maximum absolute atomic E-state index is 13.1. The highest BCUT2D eigenvalue weighted by Gasteiger charge is 2.81. The van der Waals surface area contributed by atoms with Crippen molar-refractivity contribution in [2.24, 2.45) is 40.9 Å². The van der Waals surface area contributed by atoms with E-state index in [1.807, 2.05) is 18.7 Å². The number of allylic oxidation sites excluding steroid dienone is 1. The lowest BCUT2D eigenvalue weighted by atomic mass is 9.57. The molecule has 0 N–H and O–H groups in total. The molecule has 0 unspecified atom stereocenters. The quantitative estimate of drug-likeness (QED) is 0.576. The molecular weight excluding hydrogens is 330 g/mol. The van der Waals surface area contributed by atoms with Crippen molar-refractivity contribution in [3.05, 3.63) is 12.2 Å². The van der Waals surface area contributed by atoms with Crippen LogP contribution in [0.25, 0.3) is 0 Å². The molecule has 0 aromatic rings. The van der Waals surface area contributed by atoms with Crippen LogP contribution in [-0.4, -0.2) is 35.0 Å². The van der Waals surface area contributed by atoms with Gasteiger partial charge in [0, 0.05) is 24.3 Å². The zero-order valence-electron chi connectivity index (χ0n) is 12.6. The molecular formula is C17H22BrNO2. The molecule has 4 heteroatoms. The summed E-state index contributed by atoms with van der Waals surface area (Å²) in [6.45, 7) is 9.70. The van der Waals surface area contributed by atoms with Crippen LogP contribution in [0, 0.1) is 40.9 Å². The van der Waals surface area contributed by atoms with Crippen LogP contribution in [0.5, 0.6) is 0 Å². The molecule has 3 nitrogen and oxygen atoms in total. The Morgan fingerprint density at radius 1 is 1.43 bits per heavy atom. The van der Waals surface area contributed by atoms with E-state index in [9.17, 15) is 9.59 Å². The third-order valence-electron chi connectivity index (χ3n) is 7.03. The fraction of sp³-hybridized carbons (Fsp3) is 0.765. The minimum absolute atomic E-state index is 0.0667. The van der Waals surface area contributed by atoms with Gasteiger partial charge >= 0.3 is 0 Å². The first-order chi connectivity index (χ1) is 10.0. The fourth-order valence-electron chi connectivity index (χ4n) is 6.29. The number of hydrogen-bond acceptors (Lipinski definition) is 2. The molecule has 4 aliphatic rings. The van der Waals surface area contributed by atoms with Crippen molar-refractivity contribution in [3.63, 3.8) is 0 Å². The molecule has 0 aromatic heterocycles. The van der Waals surface area contributed by atoms with E-state index >= 15 is 0 Å². The second-order valence-corrected chi connectivity index (χ2v) is 7.75. The van der Waals surface area contributed by atoms with Crippen molar-refractivity contribution < 1.29 is 9.59 Å². The first-order valence-electron chi connectivity index (χ1n) is 8.12. The van der Waals surface area contributed by atoms with Crippen LogP contribution in [0.1, 0.15) is 20.3 Å². The van der Waals surface area contributed by atoms with Gasteiger partial charge in [-0.25, -0.2) is 0 Å². The molecule has 4 aliphatic carbocycles. The van der Waals surface area contributed by atoms with E-state index in [0.29, 0.717) is 34.8 Å². The van der Waals surface area contributed by atoms with Crippen LogP contribution in [0.4, 0.5) is 0 Å². The van der Waals surface area contributed by atoms with Gasteiger partial charge in [0.1, 0.15) is 5.78 Å². The van der Waals surface area contributed by atoms with Gasteiger partial charge in [-0.1, -0.05) is 28.1 Å². The van der Waals surface area contributed by atoms with Gasteiger partial charge in [0.15, 0.2) is 0 Å². The van der Waals surface area contributed by atoms with Crippen LogP contribution >= 0.6 is 15.9 Å². The van der Waals surface area contributed by atoms with E-state index in [4.69, 9.17) is 0 Å². The number of rotatable bonds is 4. The summed E-state index contributed by atoms with van der Waals surface area (Å²) in [6.07, 6.45) is 1.06. The molecule has 4 saturated carbocycles. The van der Waals surface area contributed by atoms with Crippen molar-refractivity contribution in [1.29, 1.82) is 0 Å². The summed E-state index contributed by atoms with van der Waals surface area (Å²) >= 11 is 3.61. The lowest BCUT2D eigenvalue weighted by Gasteiger charge is -2.47. The van der Waals surface area contributed by atoms with E-state index in [2.05, 4.69) is 22.5 Å². The van der Waals surface area contributed by atoms with E-state index < -0.39 is 5.41 Å². The number of carbonyl (C=O) groups excluding carboxylic acids is 2. The van der Waals surface area contributed by atoms with Crippen molar-refractivity contribution in [2.45, 2.75) is 20.3 Å². The molecule has 21 heavy (non-hydrogen) atoms. The summed E-state index contributed by atoms with van der Waals surface area (Å²) < 4.78 is 0. The maximum atomic E-state index is 13.1. The van der Waals surface area contributed by atoms with Crippen molar-refractivity contribution in [3.8, 4) is 0 Å². The number of alkyl halides is 1. The lowest BCUT2D eigenvalue weighted by molar-refractivity contribution is -0.146. The monoisotopic (exact) mass is 351 g/mol. The number of carbonyl (C=O) groups is 2. The Morgan fingerprint density at radius 2 is 2.10 bits per heavy atom. The Balaban J connectivity index is 1.81. The Kier molecular flexibility index (Phi) is 2.81. The highest BCUT2D eigenvalue weighted by atomic mass is 79.9. The average molecular weight is 352 g/mol. The highest BCUT2D eigenvalue weighted by Crippen LogP contribution is 2.79. The normalized spacial score (nSPS) is 48.7. The zero-order valence-corrected chi connectivity index (χ0v) is 14.2. The first-order valence-corrected chi connectivity index (χ1v) is 9.24. The zero-order chi connectivity index (χ0) is 15.1. The standard InChI is InChI=1S/C17H22BrNO2/c1-4-19(5-2)16(21)14-9-6-10-13-11(9)8(3)12(13)15(20)17(10,14)7-18/h9-14H,3-7H2,1-2H3/t9-,10+,11-,12-,13+,14+,17+/m0/s1. The van der Waals surface area contributed by atoms with E-state index in [-0.39, 0.29) is 17.7 Å². The van der Waals surface area contributed by atoms with Gasteiger partial charge in [0.2, 0.25) is 5.91 Å². The third kappa shape index (κ3) is 1.25. The minimum atomic E-state index is -0.435. The average Bonchev–Trinajstić information content (AvgIpc) is 2.99. The summed E-state index contributed by atoms with van der Waals surface area (Å²) in [4.78, 5) is 28.1. The molecule has 4 rings (SSSR count). The maximum Gasteiger partial charge on any atom is 0.227 e. The molecule has 0 aromatic carbocycles. The number of fused-ring (bicyclic) bond motifs is 2. The van der Waals surface area contributed by atoms with Gasteiger partial charge in [-0.05, 0) is 43.9 Å². The fourth-order valence-corrected chi connectivity index (χ4v) is 7.33. The van der Waals surface area contributed by atoms with Crippen LogP contribution < -0.4 is 0 Å². The number of ketones is 1. The van der Waals surface area contributed by atoms with E-state index in [1.165, 1.54) is 0 Å². The Labute approximate surface area is 134 Å². The Morgan fingerprint density at radius 3 is 2.67 bits per heavy atom. The third-order valence-corrected chi connectivity index (χ3v) is 7.96. The van der Waals surface area contributed by atoms with Gasteiger partial charge in [-0.3, -0.25) is 9.59 Å². The van der Waals surface area contributed by atoms with Crippen LogP contribution in [0.15, 0.2) is 12.2 Å². The van der Waals surface area contributed by atoms with Gasteiger partial charge in [-0.15, -0.1) is 0 Å². The summed E-state index contributed by atoms with van der Waals surface area (Å²) in [5, 5.41) is 0.644. The lowest BCUT2D eigenvalue weighted by Crippen LogP contribution is -2.51. The van der Waals surface area contributed by atoms with E-state index in [0.717, 1.165) is 25.1 Å². The Bertz CT molecular complexity index is 555. The number of nitrogens with zero attached hydrogens (tertiary/aromatic N) is 1. The SMILES string of the molecule is C=C1[C@@H]2C(=O)[C@]3(CBr)[C@@H]4C[C@@H]([C@H]1[C@H]24)[C@@H]3C(=O)N(CC)CC. The molecule has 4 fully saturated rings. The van der Waals surface area contributed by atoms with E-state index in [1.54, 1.807) is 0 Å². The molecule has 0 spiro atoms. The van der Waals surface area contributed by atoms with Gasteiger partial charge < -0.3 is 4.90 Å². The van der Waals surface area contributed by atoms with Gasteiger partial charge in [0.25, 0.3) is 0 Å². The molecule has 2 bridgehead atoms. The molecule has 0 saturated heterocycles. The van der Waals surface area contributed by atoms with Gasteiger partial charge in [0.05, 0.1) is 11.3 Å². The largest absolute Gasteiger partial charge is 0.343 e. The number of Topliss-reactive ketones (excluding diaryl/α,β-unsaturated/α-hetero) is 1. The van der Waals surface area contributed by atoms with Crippen LogP contribution in [0.2, 0.25) is 0 Å². The summed E-state index contributed by atoms with van der Waals surface area (Å²) in [6, 6.07) is 0. The Hall–Kier alpha value is -0.640. The second kappa shape index (κ2) is 4.21. The second-order valence-electron chi connectivity index (χ2n) is 7.19. The highest BCUT2D eigenvalue weighted by molar-refractivity contribution is 9.09. The summed E-state index contributed by atoms with van der Waals surface area (Å²) in [7, 11) is 0. The predicted octanol–water partition coefficient (Wildman–Crippen LogP) is 2.50. The topological polar surface area (TPSA) is 37.4 Å². The smallest absolute Gasteiger partial charge is 0.227 e. The van der Waals surface area contributed by atoms with Gasteiger partial charge in [-0.2, -0.15) is 0 Å². The van der Waals surface area contributed by atoms with Crippen molar-refractivity contribution in [1.82, 2.24) is 4.90 Å². The minimum Gasteiger partial charge on any atom is -0.343 e. The summed E-state index contributed by atoms with van der Waals surface area (Å²) in [5.74, 6) is 2.22.